The number of nitrogens with one attached hydrogen (secondary N) is 1. The number of rotatable bonds is 9. The molecule has 0 radical (unpaired) electrons. The van der Waals surface area contributed by atoms with Crippen LogP contribution >= 0.6 is 0 Å². The van der Waals surface area contributed by atoms with Gasteiger partial charge in [-0.15, -0.1) is 0 Å². The Balaban J connectivity index is 1.50. The van der Waals surface area contributed by atoms with E-state index in [0.717, 1.165) is 19.4 Å². The van der Waals surface area contributed by atoms with Gasteiger partial charge >= 0.3 is 0 Å². The van der Waals surface area contributed by atoms with Gasteiger partial charge in [-0.1, -0.05) is 19.9 Å². The highest BCUT2D eigenvalue weighted by molar-refractivity contribution is 7.90. The summed E-state index contributed by atoms with van der Waals surface area (Å²) in [6.07, 6.45) is 4.45. The minimum Gasteiger partial charge on any atom is -0.493 e. The Morgan fingerprint density at radius 1 is 1.12 bits per heavy atom. The predicted octanol–water partition coefficient (Wildman–Crippen LogP) is 4.64. The van der Waals surface area contributed by atoms with Crippen LogP contribution in [-0.2, 0) is 10.0 Å². The number of piperidine rings is 1. The number of nitrogens with two attached hydrogens (primary N) is 1. The van der Waals surface area contributed by atoms with E-state index in [4.69, 9.17) is 15.5 Å². The van der Waals surface area contributed by atoms with E-state index in [1.165, 1.54) is 49.2 Å². The van der Waals surface area contributed by atoms with Gasteiger partial charge in [0.1, 0.15) is 23.2 Å². The van der Waals surface area contributed by atoms with Crippen LogP contribution in [0.3, 0.4) is 0 Å². The van der Waals surface area contributed by atoms with Crippen molar-refractivity contribution in [3.8, 4) is 17.0 Å². The van der Waals surface area contributed by atoms with Gasteiger partial charge in [0.15, 0.2) is 5.03 Å². The summed E-state index contributed by atoms with van der Waals surface area (Å²) in [6, 6.07) is 11.7. The second kappa shape index (κ2) is 11.4. The quantitative estimate of drug-likeness (QED) is 0.383. The van der Waals surface area contributed by atoms with E-state index in [1.807, 2.05) is 18.7 Å². The first kappa shape index (κ1) is 27.8. The van der Waals surface area contributed by atoms with E-state index in [9.17, 15) is 17.6 Å². The highest BCUT2D eigenvalue weighted by Crippen LogP contribution is 2.42. The van der Waals surface area contributed by atoms with Gasteiger partial charge in [0.05, 0.1) is 17.9 Å². The number of benzene rings is 1. The van der Waals surface area contributed by atoms with Crippen molar-refractivity contribution in [1.29, 1.82) is 0 Å². The number of ether oxygens (including phenoxy) is 1. The fourth-order valence-electron chi connectivity index (χ4n) is 5.05. The van der Waals surface area contributed by atoms with Gasteiger partial charge in [-0.05, 0) is 79.8 Å². The number of hydrogen-bond donors (Lipinski definition) is 2. The lowest BCUT2D eigenvalue weighted by Crippen LogP contribution is -2.39. The molecule has 5 rings (SSSR count). The number of sulfonamides is 1. The lowest BCUT2D eigenvalue weighted by molar-refractivity contribution is 0.0981. The largest absolute Gasteiger partial charge is 0.493 e. The molecule has 1 amide bonds. The van der Waals surface area contributed by atoms with E-state index in [1.54, 1.807) is 12.1 Å². The number of nitrogen functional groups attached to an aromatic ring is 1. The number of amides is 1. The number of carbonyl (C=O) groups excluding carboxylic acids is 1. The van der Waals surface area contributed by atoms with Crippen LogP contribution in [0.4, 0.5) is 16.0 Å². The predicted molar refractivity (Wildman–Crippen MR) is 151 cm³/mol. The monoisotopic (exact) mass is 567 g/mol. The van der Waals surface area contributed by atoms with Crippen LogP contribution < -0.4 is 20.1 Å². The number of nitrogens with zero attached hydrogens (tertiary/aromatic N) is 3. The standard InChI is InChI=1S/C29H34FN5O4S/c1-18(2)17-39-23-14-21(13-22(30)15-23)25-11-10-24(28(32-25)35-12-4-5-20(16-35)19-8-9-19)29(36)34-40(37,38)27-7-3-6-26(31)33-27/h3,6-7,10-11,13-15,18-20H,4-5,8-9,12,16-17H2,1-2H3,(H2,31,33)(H,34,36). The molecule has 2 fully saturated rings. The van der Waals surface area contributed by atoms with Gasteiger partial charge in [0.2, 0.25) is 0 Å². The third-order valence-corrected chi connectivity index (χ3v) is 8.40. The molecule has 9 nitrogen and oxygen atoms in total. The molecular formula is C29H34FN5O4S. The van der Waals surface area contributed by atoms with E-state index in [2.05, 4.69) is 9.71 Å². The van der Waals surface area contributed by atoms with Gasteiger partial charge in [0.25, 0.3) is 15.9 Å². The number of hydrogen-bond acceptors (Lipinski definition) is 8. The molecule has 212 valence electrons. The van der Waals surface area contributed by atoms with E-state index >= 15 is 0 Å². The van der Waals surface area contributed by atoms with Crippen molar-refractivity contribution in [2.75, 3.05) is 30.3 Å². The van der Waals surface area contributed by atoms with Crippen molar-refractivity contribution in [1.82, 2.24) is 14.7 Å². The smallest absolute Gasteiger partial charge is 0.281 e. The Kier molecular flexibility index (Phi) is 7.93. The fraction of sp³-hybridized carbons (Fsp3) is 0.414. The maximum atomic E-state index is 14.6. The molecule has 1 saturated heterocycles. The zero-order valence-corrected chi connectivity index (χ0v) is 23.5. The normalized spacial score (nSPS) is 17.6. The van der Waals surface area contributed by atoms with Gasteiger partial charge in [-0.2, -0.15) is 8.42 Å². The number of pyridine rings is 2. The molecular weight excluding hydrogens is 533 g/mol. The Hall–Kier alpha value is -3.73. The third kappa shape index (κ3) is 6.52. The number of halogens is 1. The van der Waals surface area contributed by atoms with Crippen LogP contribution in [0.2, 0.25) is 0 Å². The molecule has 3 N–H and O–H groups in total. The SMILES string of the molecule is CC(C)COc1cc(F)cc(-c2ccc(C(=O)NS(=O)(=O)c3cccc(N)n3)c(N3CCCC(C4CC4)C3)n2)c1. The maximum absolute atomic E-state index is 14.6. The highest BCUT2D eigenvalue weighted by Gasteiger charge is 2.35. The zero-order chi connectivity index (χ0) is 28.4. The first-order valence-electron chi connectivity index (χ1n) is 13.6. The molecule has 11 heteroatoms. The van der Waals surface area contributed by atoms with Crippen molar-refractivity contribution in [3.63, 3.8) is 0 Å². The maximum Gasteiger partial charge on any atom is 0.281 e. The van der Waals surface area contributed by atoms with E-state index < -0.39 is 21.7 Å². The first-order valence-corrected chi connectivity index (χ1v) is 15.1. The molecule has 1 unspecified atom stereocenters. The topological polar surface area (TPSA) is 128 Å². The van der Waals surface area contributed by atoms with E-state index in [-0.39, 0.29) is 22.3 Å². The lowest BCUT2D eigenvalue weighted by atomic mass is 9.93. The number of carbonyl (C=O) groups is 1. The van der Waals surface area contributed by atoms with E-state index in [0.29, 0.717) is 47.8 Å². The van der Waals surface area contributed by atoms with Crippen molar-refractivity contribution in [2.24, 2.45) is 17.8 Å². The minimum atomic E-state index is -4.28. The van der Waals surface area contributed by atoms with Crippen molar-refractivity contribution < 1.29 is 22.3 Å². The van der Waals surface area contributed by atoms with Gasteiger partial charge in [-0.25, -0.2) is 19.1 Å². The van der Waals surface area contributed by atoms with Crippen LogP contribution in [0.15, 0.2) is 53.6 Å². The number of aromatic nitrogens is 2. The fourth-order valence-corrected chi connectivity index (χ4v) is 5.99. The average Bonchev–Trinajstić information content (AvgIpc) is 3.77. The molecule has 0 spiro atoms. The van der Waals surface area contributed by atoms with Crippen LogP contribution in [0.25, 0.3) is 11.3 Å². The summed E-state index contributed by atoms with van der Waals surface area (Å²) in [5.41, 5.74) is 6.71. The van der Waals surface area contributed by atoms with Gasteiger partial charge in [-0.3, -0.25) is 4.79 Å². The third-order valence-electron chi connectivity index (χ3n) is 7.16. The molecule has 1 saturated carbocycles. The summed E-state index contributed by atoms with van der Waals surface area (Å²) in [6.45, 7) is 5.85. The Labute approximate surface area is 234 Å². The highest BCUT2D eigenvalue weighted by atomic mass is 32.2. The molecule has 3 aromatic rings. The Morgan fingerprint density at radius 2 is 1.93 bits per heavy atom. The van der Waals surface area contributed by atoms with Crippen molar-refractivity contribution in [3.05, 3.63) is 59.9 Å². The summed E-state index contributed by atoms with van der Waals surface area (Å²) in [7, 11) is -4.28. The molecule has 1 aliphatic heterocycles. The van der Waals surface area contributed by atoms with Crippen molar-refractivity contribution >= 4 is 27.6 Å². The summed E-state index contributed by atoms with van der Waals surface area (Å²) in [4.78, 5) is 24.1. The molecule has 1 aliphatic carbocycles. The van der Waals surface area contributed by atoms with Crippen LogP contribution in [0.5, 0.6) is 5.75 Å². The van der Waals surface area contributed by atoms with Crippen LogP contribution in [0, 0.1) is 23.6 Å². The van der Waals surface area contributed by atoms with Gasteiger partial charge in [0, 0.05) is 24.7 Å². The van der Waals surface area contributed by atoms with Gasteiger partial charge < -0.3 is 15.4 Å². The first-order chi connectivity index (χ1) is 19.1. The second-order valence-electron chi connectivity index (χ2n) is 11.0. The second-order valence-corrected chi connectivity index (χ2v) is 12.6. The molecule has 0 bridgehead atoms. The summed E-state index contributed by atoms with van der Waals surface area (Å²) < 4.78 is 48.3. The Morgan fingerprint density at radius 3 is 2.65 bits per heavy atom. The molecule has 40 heavy (non-hydrogen) atoms. The summed E-state index contributed by atoms with van der Waals surface area (Å²) in [5, 5.41) is -0.354. The molecule has 2 aromatic heterocycles. The zero-order valence-electron chi connectivity index (χ0n) is 22.6. The van der Waals surface area contributed by atoms with Crippen LogP contribution in [0.1, 0.15) is 49.9 Å². The van der Waals surface area contributed by atoms with Crippen LogP contribution in [-0.4, -0.2) is 44.0 Å². The molecule has 2 aliphatic rings. The average molecular weight is 568 g/mol. The van der Waals surface area contributed by atoms with Crippen molar-refractivity contribution in [2.45, 2.75) is 44.6 Å². The molecule has 1 aromatic carbocycles. The lowest BCUT2D eigenvalue weighted by Gasteiger charge is -2.35. The number of anilines is 2. The summed E-state index contributed by atoms with van der Waals surface area (Å²) >= 11 is 0. The molecule has 3 heterocycles. The Bertz CT molecular complexity index is 1510. The molecule has 1 atom stereocenters. The minimum absolute atomic E-state index is 0.0216. The summed E-state index contributed by atoms with van der Waals surface area (Å²) in [5.74, 6) is 0.912.